The Kier molecular flexibility index (Phi) is 4.86. The van der Waals surface area contributed by atoms with Gasteiger partial charge in [0, 0.05) is 19.2 Å². The first-order chi connectivity index (χ1) is 10.1. The highest BCUT2D eigenvalue weighted by molar-refractivity contribution is 5.65. The van der Waals surface area contributed by atoms with Crippen molar-refractivity contribution in [2.75, 3.05) is 12.5 Å². The van der Waals surface area contributed by atoms with E-state index in [1.54, 1.807) is 6.07 Å². The lowest BCUT2D eigenvalue weighted by molar-refractivity contribution is -0.384. The molecule has 0 amide bonds. The van der Waals surface area contributed by atoms with Gasteiger partial charge >= 0.3 is 0 Å². The van der Waals surface area contributed by atoms with Gasteiger partial charge in [-0.05, 0) is 18.2 Å². The summed E-state index contributed by atoms with van der Waals surface area (Å²) in [4.78, 5) is 12.7. The predicted molar refractivity (Wildman–Crippen MR) is 82.5 cm³/mol. The van der Waals surface area contributed by atoms with Crippen LogP contribution in [0.25, 0.3) is 0 Å². The highest BCUT2D eigenvalue weighted by atomic mass is 16.6. The third kappa shape index (κ3) is 3.77. The first kappa shape index (κ1) is 15.0. The number of hydrogen-bond acceptors (Lipinski definition) is 5. The van der Waals surface area contributed by atoms with Crippen molar-refractivity contribution in [3.8, 4) is 0 Å². The molecule has 2 aromatic carbocycles. The fraction of sp³-hybridized carbons (Fsp3) is 0.200. The summed E-state index contributed by atoms with van der Waals surface area (Å²) in [7, 11) is 1.96. The zero-order valence-electron chi connectivity index (χ0n) is 11.8. The molecule has 0 atom stereocenters. The van der Waals surface area contributed by atoms with Crippen LogP contribution < -0.4 is 11.3 Å². The van der Waals surface area contributed by atoms with Gasteiger partial charge in [-0.3, -0.25) is 20.9 Å². The van der Waals surface area contributed by atoms with Gasteiger partial charge in [-0.2, -0.15) is 0 Å². The molecule has 0 radical (unpaired) electrons. The summed E-state index contributed by atoms with van der Waals surface area (Å²) < 4.78 is 0. The fourth-order valence-electron chi connectivity index (χ4n) is 2.28. The Morgan fingerprint density at radius 3 is 2.48 bits per heavy atom. The number of nitrogens with one attached hydrogen (secondary N) is 1. The molecular formula is C15H18N4O2. The largest absolute Gasteiger partial charge is 0.318 e. The van der Waals surface area contributed by atoms with E-state index < -0.39 is 4.92 Å². The molecule has 0 fully saturated rings. The van der Waals surface area contributed by atoms with E-state index in [1.807, 2.05) is 43.4 Å². The highest BCUT2D eigenvalue weighted by Gasteiger charge is 2.17. The van der Waals surface area contributed by atoms with Crippen LogP contribution in [0, 0.1) is 10.1 Å². The highest BCUT2D eigenvalue weighted by Crippen LogP contribution is 2.28. The molecule has 0 unspecified atom stereocenters. The maximum Gasteiger partial charge on any atom is 0.293 e. The Morgan fingerprint density at radius 2 is 1.86 bits per heavy atom. The first-order valence-electron chi connectivity index (χ1n) is 6.57. The number of nitro groups is 1. The van der Waals surface area contributed by atoms with E-state index in [1.165, 1.54) is 11.6 Å². The van der Waals surface area contributed by atoms with Gasteiger partial charge in [0.05, 0.1) is 4.92 Å². The van der Waals surface area contributed by atoms with Gasteiger partial charge < -0.3 is 5.43 Å². The number of nitrogens with zero attached hydrogens (tertiary/aromatic N) is 2. The maximum atomic E-state index is 11.0. The molecule has 0 heterocycles. The van der Waals surface area contributed by atoms with Gasteiger partial charge in [-0.25, -0.2) is 0 Å². The number of rotatable bonds is 6. The molecule has 6 heteroatoms. The van der Waals surface area contributed by atoms with Crippen molar-refractivity contribution in [3.05, 3.63) is 69.8 Å². The van der Waals surface area contributed by atoms with E-state index >= 15 is 0 Å². The van der Waals surface area contributed by atoms with Crippen molar-refractivity contribution in [2.45, 2.75) is 13.1 Å². The monoisotopic (exact) mass is 286 g/mol. The second-order valence-electron chi connectivity index (χ2n) is 4.87. The van der Waals surface area contributed by atoms with E-state index in [0.29, 0.717) is 12.2 Å². The third-order valence-electron chi connectivity index (χ3n) is 3.21. The molecule has 2 aromatic rings. The van der Waals surface area contributed by atoms with Crippen LogP contribution >= 0.6 is 0 Å². The van der Waals surface area contributed by atoms with Crippen LogP contribution in [-0.2, 0) is 13.1 Å². The zero-order valence-corrected chi connectivity index (χ0v) is 11.8. The van der Waals surface area contributed by atoms with Crippen molar-refractivity contribution >= 4 is 11.4 Å². The molecule has 0 bridgehead atoms. The lowest BCUT2D eigenvalue weighted by Crippen LogP contribution is -2.20. The van der Waals surface area contributed by atoms with Crippen molar-refractivity contribution < 1.29 is 4.92 Å². The standard InChI is InChI=1S/C15H18N4O2/c1-18(10-12-6-3-2-4-7-12)11-13-8-5-9-14(19(20)21)15(13)17-16/h2-9,17H,10-11,16H2,1H3. The number of nitrogens with two attached hydrogens (primary N) is 1. The molecule has 0 saturated heterocycles. The van der Waals surface area contributed by atoms with E-state index in [-0.39, 0.29) is 5.69 Å². The average molecular weight is 286 g/mol. The Morgan fingerprint density at radius 1 is 1.14 bits per heavy atom. The molecule has 0 aromatic heterocycles. The Bertz CT molecular complexity index is 616. The van der Waals surface area contributed by atoms with Crippen molar-refractivity contribution in [2.24, 2.45) is 5.84 Å². The second kappa shape index (κ2) is 6.83. The van der Waals surface area contributed by atoms with Crippen molar-refractivity contribution in [1.82, 2.24) is 4.90 Å². The summed E-state index contributed by atoms with van der Waals surface area (Å²) in [5, 5.41) is 11.0. The minimum atomic E-state index is -0.435. The van der Waals surface area contributed by atoms with Crippen LogP contribution in [0.2, 0.25) is 0 Å². The van der Waals surface area contributed by atoms with Crippen LogP contribution in [0.15, 0.2) is 48.5 Å². The van der Waals surface area contributed by atoms with Gasteiger partial charge in [0.25, 0.3) is 5.69 Å². The molecule has 0 aliphatic heterocycles. The molecule has 0 aliphatic carbocycles. The number of para-hydroxylation sites is 1. The van der Waals surface area contributed by atoms with Crippen LogP contribution in [-0.4, -0.2) is 16.9 Å². The number of nitro benzene ring substituents is 1. The lowest BCUT2D eigenvalue weighted by atomic mass is 10.1. The Labute approximate surface area is 123 Å². The SMILES string of the molecule is CN(Cc1ccccc1)Cc1cccc([N+](=O)[O-])c1NN. The van der Waals surface area contributed by atoms with Gasteiger partial charge in [0.2, 0.25) is 0 Å². The molecule has 3 N–H and O–H groups in total. The molecule has 21 heavy (non-hydrogen) atoms. The van der Waals surface area contributed by atoms with Gasteiger partial charge in [0.1, 0.15) is 5.69 Å². The minimum Gasteiger partial charge on any atom is -0.318 e. The maximum absolute atomic E-state index is 11.0. The summed E-state index contributed by atoms with van der Waals surface area (Å²) in [5.41, 5.74) is 4.78. The Balaban J connectivity index is 2.15. The molecule has 110 valence electrons. The van der Waals surface area contributed by atoms with Gasteiger partial charge in [-0.15, -0.1) is 0 Å². The molecular weight excluding hydrogens is 268 g/mol. The second-order valence-corrected chi connectivity index (χ2v) is 4.87. The Hall–Kier alpha value is -2.44. The van der Waals surface area contributed by atoms with E-state index in [4.69, 9.17) is 5.84 Å². The fourth-order valence-corrected chi connectivity index (χ4v) is 2.28. The van der Waals surface area contributed by atoms with Crippen LogP contribution in [0.4, 0.5) is 11.4 Å². The summed E-state index contributed by atoms with van der Waals surface area (Å²) in [6.07, 6.45) is 0. The van der Waals surface area contributed by atoms with Crippen molar-refractivity contribution in [3.63, 3.8) is 0 Å². The number of hydrazine groups is 1. The molecule has 6 nitrogen and oxygen atoms in total. The minimum absolute atomic E-state index is 0.0110. The molecule has 0 aliphatic rings. The van der Waals surface area contributed by atoms with Crippen LogP contribution in [0.1, 0.15) is 11.1 Å². The predicted octanol–water partition coefficient (Wildman–Crippen LogP) is 2.51. The van der Waals surface area contributed by atoms with Crippen LogP contribution in [0.5, 0.6) is 0 Å². The van der Waals surface area contributed by atoms with E-state index in [2.05, 4.69) is 10.3 Å². The number of hydrogen-bond donors (Lipinski definition) is 2. The van der Waals surface area contributed by atoms with Crippen molar-refractivity contribution in [1.29, 1.82) is 0 Å². The quantitative estimate of drug-likeness (QED) is 0.484. The number of nitrogen functional groups attached to an aromatic ring is 1. The first-order valence-corrected chi connectivity index (χ1v) is 6.57. The van der Waals surface area contributed by atoms with E-state index in [9.17, 15) is 10.1 Å². The topological polar surface area (TPSA) is 84.4 Å². The molecule has 0 saturated carbocycles. The third-order valence-corrected chi connectivity index (χ3v) is 3.21. The normalized spacial score (nSPS) is 10.6. The van der Waals surface area contributed by atoms with E-state index in [0.717, 1.165) is 12.1 Å². The summed E-state index contributed by atoms with van der Waals surface area (Å²) in [6.45, 7) is 1.32. The number of benzene rings is 2. The average Bonchev–Trinajstić information content (AvgIpc) is 2.47. The summed E-state index contributed by atoms with van der Waals surface area (Å²) in [5.74, 6) is 5.44. The summed E-state index contributed by atoms with van der Waals surface area (Å²) in [6, 6.07) is 15.0. The smallest absolute Gasteiger partial charge is 0.293 e. The zero-order chi connectivity index (χ0) is 15.2. The molecule has 0 spiro atoms. The summed E-state index contributed by atoms with van der Waals surface area (Å²) >= 11 is 0. The van der Waals surface area contributed by atoms with Crippen LogP contribution in [0.3, 0.4) is 0 Å². The van der Waals surface area contributed by atoms with Gasteiger partial charge in [-0.1, -0.05) is 42.5 Å². The lowest BCUT2D eigenvalue weighted by Gasteiger charge is -2.18. The number of anilines is 1. The molecule has 2 rings (SSSR count). The van der Waals surface area contributed by atoms with Gasteiger partial charge in [0.15, 0.2) is 0 Å².